The van der Waals surface area contributed by atoms with Gasteiger partial charge in [-0.1, -0.05) is 13.8 Å². The number of anilines is 1. The lowest BCUT2D eigenvalue weighted by Gasteiger charge is -2.25. The molecule has 0 aliphatic heterocycles. The summed E-state index contributed by atoms with van der Waals surface area (Å²) in [4.78, 5) is 11.6. The first-order chi connectivity index (χ1) is 9.39. The molecule has 1 rings (SSSR count). The van der Waals surface area contributed by atoms with Crippen molar-refractivity contribution in [3.8, 4) is 6.07 Å². The van der Waals surface area contributed by atoms with E-state index < -0.39 is 0 Å². The standard InChI is InChI=1S/C16H23N3O/c1-12-10-13(15(20)18-4)6-7-14(12)19-11-16(2,3)8-5-9-17/h6-7,10,19H,5,8,11H2,1-4H3,(H,18,20). The Morgan fingerprint density at radius 2 is 2.10 bits per heavy atom. The highest BCUT2D eigenvalue weighted by molar-refractivity contribution is 5.94. The zero-order chi connectivity index (χ0) is 15.2. The van der Waals surface area contributed by atoms with Crippen LogP contribution in [0.15, 0.2) is 18.2 Å². The molecule has 0 saturated carbocycles. The molecule has 0 radical (unpaired) electrons. The van der Waals surface area contributed by atoms with Gasteiger partial charge in [-0.3, -0.25) is 4.79 Å². The number of nitriles is 1. The second kappa shape index (κ2) is 6.95. The third-order valence-corrected chi connectivity index (χ3v) is 3.39. The lowest BCUT2D eigenvalue weighted by molar-refractivity contribution is 0.0963. The maximum atomic E-state index is 11.6. The van der Waals surface area contributed by atoms with Gasteiger partial charge in [0.1, 0.15) is 0 Å². The van der Waals surface area contributed by atoms with Crippen LogP contribution in [-0.2, 0) is 0 Å². The average Bonchev–Trinajstić information content (AvgIpc) is 2.43. The summed E-state index contributed by atoms with van der Waals surface area (Å²) < 4.78 is 0. The van der Waals surface area contributed by atoms with Gasteiger partial charge in [0.2, 0.25) is 0 Å². The van der Waals surface area contributed by atoms with Crippen molar-refractivity contribution in [3.05, 3.63) is 29.3 Å². The van der Waals surface area contributed by atoms with Gasteiger partial charge in [-0.05, 0) is 42.5 Å². The Labute approximate surface area is 121 Å². The Morgan fingerprint density at radius 3 is 2.65 bits per heavy atom. The summed E-state index contributed by atoms with van der Waals surface area (Å²) >= 11 is 0. The highest BCUT2D eigenvalue weighted by Gasteiger charge is 2.17. The fourth-order valence-electron chi connectivity index (χ4n) is 1.96. The SMILES string of the molecule is CNC(=O)c1ccc(NCC(C)(C)CCC#N)c(C)c1. The molecule has 0 fully saturated rings. The number of hydrogen-bond acceptors (Lipinski definition) is 3. The van der Waals surface area contributed by atoms with Gasteiger partial charge in [0.15, 0.2) is 0 Å². The topological polar surface area (TPSA) is 64.9 Å². The minimum absolute atomic E-state index is 0.0711. The largest absolute Gasteiger partial charge is 0.384 e. The molecule has 0 heterocycles. The van der Waals surface area contributed by atoms with Gasteiger partial charge in [-0.15, -0.1) is 0 Å². The number of aryl methyl sites for hydroxylation is 1. The number of carbonyl (C=O) groups is 1. The molecule has 108 valence electrons. The quantitative estimate of drug-likeness (QED) is 0.837. The van der Waals surface area contributed by atoms with E-state index >= 15 is 0 Å². The second-order valence-electron chi connectivity index (χ2n) is 5.78. The van der Waals surface area contributed by atoms with Crippen LogP contribution in [0.5, 0.6) is 0 Å². The van der Waals surface area contributed by atoms with Crippen molar-refractivity contribution in [2.24, 2.45) is 5.41 Å². The van der Waals surface area contributed by atoms with E-state index in [2.05, 4.69) is 30.6 Å². The van der Waals surface area contributed by atoms with Gasteiger partial charge < -0.3 is 10.6 Å². The first-order valence-electron chi connectivity index (χ1n) is 6.83. The summed E-state index contributed by atoms with van der Waals surface area (Å²) in [5.41, 5.74) is 2.81. The van der Waals surface area contributed by atoms with Crippen LogP contribution in [0.1, 0.15) is 42.6 Å². The van der Waals surface area contributed by atoms with Crippen molar-refractivity contribution in [3.63, 3.8) is 0 Å². The lowest BCUT2D eigenvalue weighted by atomic mass is 9.88. The van der Waals surface area contributed by atoms with E-state index in [1.165, 1.54) is 0 Å². The summed E-state index contributed by atoms with van der Waals surface area (Å²) in [6.07, 6.45) is 1.44. The zero-order valence-corrected chi connectivity index (χ0v) is 12.7. The molecule has 0 bridgehead atoms. The monoisotopic (exact) mass is 273 g/mol. The second-order valence-corrected chi connectivity index (χ2v) is 5.78. The van der Waals surface area contributed by atoms with Gasteiger partial charge in [-0.2, -0.15) is 5.26 Å². The highest BCUT2D eigenvalue weighted by Crippen LogP contribution is 2.24. The molecule has 1 amide bonds. The Bertz CT molecular complexity index is 515. The number of benzene rings is 1. The number of amides is 1. The number of hydrogen-bond donors (Lipinski definition) is 2. The lowest BCUT2D eigenvalue weighted by Crippen LogP contribution is -2.23. The smallest absolute Gasteiger partial charge is 0.251 e. The Kier molecular flexibility index (Phi) is 5.57. The summed E-state index contributed by atoms with van der Waals surface area (Å²) in [5.74, 6) is -0.0750. The van der Waals surface area contributed by atoms with E-state index in [0.29, 0.717) is 12.0 Å². The number of nitrogens with zero attached hydrogens (tertiary/aromatic N) is 1. The Hall–Kier alpha value is -2.02. The molecule has 0 saturated heterocycles. The van der Waals surface area contributed by atoms with E-state index in [0.717, 1.165) is 24.2 Å². The molecule has 4 nitrogen and oxygen atoms in total. The van der Waals surface area contributed by atoms with Crippen molar-refractivity contribution >= 4 is 11.6 Å². The number of nitrogens with one attached hydrogen (secondary N) is 2. The molecule has 1 aromatic carbocycles. The highest BCUT2D eigenvalue weighted by atomic mass is 16.1. The molecule has 20 heavy (non-hydrogen) atoms. The third-order valence-electron chi connectivity index (χ3n) is 3.39. The maximum absolute atomic E-state index is 11.6. The van der Waals surface area contributed by atoms with Crippen LogP contribution in [0.3, 0.4) is 0 Å². The van der Waals surface area contributed by atoms with Crippen molar-refractivity contribution in [1.29, 1.82) is 5.26 Å². The third kappa shape index (κ3) is 4.58. The van der Waals surface area contributed by atoms with Crippen molar-refractivity contribution in [1.82, 2.24) is 5.32 Å². The van der Waals surface area contributed by atoms with Crippen LogP contribution in [-0.4, -0.2) is 19.5 Å². The predicted molar refractivity (Wildman–Crippen MR) is 81.7 cm³/mol. The maximum Gasteiger partial charge on any atom is 0.251 e. The van der Waals surface area contributed by atoms with E-state index in [-0.39, 0.29) is 11.3 Å². The van der Waals surface area contributed by atoms with Crippen LogP contribution in [0.25, 0.3) is 0 Å². The van der Waals surface area contributed by atoms with Gasteiger partial charge >= 0.3 is 0 Å². The van der Waals surface area contributed by atoms with Crippen LogP contribution >= 0.6 is 0 Å². The van der Waals surface area contributed by atoms with E-state index in [4.69, 9.17) is 5.26 Å². The molecule has 0 aliphatic rings. The summed E-state index contributed by atoms with van der Waals surface area (Å²) in [6, 6.07) is 7.81. The Morgan fingerprint density at radius 1 is 1.40 bits per heavy atom. The molecule has 2 N–H and O–H groups in total. The fourth-order valence-corrected chi connectivity index (χ4v) is 1.96. The summed E-state index contributed by atoms with van der Waals surface area (Å²) in [5, 5.41) is 14.7. The summed E-state index contributed by atoms with van der Waals surface area (Å²) in [6.45, 7) is 7.07. The first-order valence-corrected chi connectivity index (χ1v) is 6.83. The molecule has 0 spiro atoms. The number of rotatable bonds is 6. The van der Waals surface area contributed by atoms with Crippen LogP contribution in [0.2, 0.25) is 0 Å². The van der Waals surface area contributed by atoms with Crippen molar-refractivity contribution in [2.75, 3.05) is 18.9 Å². The van der Waals surface area contributed by atoms with Crippen molar-refractivity contribution in [2.45, 2.75) is 33.6 Å². The molecule has 0 aromatic heterocycles. The molecule has 0 unspecified atom stereocenters. The van der Waals surface area contributed by atoms with Crippen LogP contribution in [0, 0.1) is 23.7 Å². The minimum Gasteiger partial charge on any atom is -0.384 e. The normalized spacial score (nSPS) is 10.8. The van der Waals surface area contributed by atoms with Crippen LogP contribution in [0.4, 0.5) is 5.69 Å². The molecule has 0 atom stereocenters. The van der Waals surface area contributed by atoms with Gasteiger partial charge in [0.25, 0.3) is 5.91 Å². The fraction of sp³-hybridized carbons (Fsp3) is 0.500. The van der Waals surface area contributed by atoms with Gasteiger partial charge in [-0.25, -0.2) is 0 Å². The Balaban J connectivity index is 2.70. The molecule has 0 aliphatic carbocycles. The first kappa shape index (κ1) is 16.0. The van der Waals surface area contributed by atoms with Crippen LogP contribution < -0.4 is 10.6 Å². The van der Waals surface area contributed by atoms with Crippen molar-refractivity contribution < 1.29 is 4.79 Å². The van der Waals surface area contributed by atoms with Gasteiger partial charge in [0.05, 0.1) is 6.07 Å². The predicted octanol–water partition coefficient (Wildman–Crippen LogP) is 3.10. The zero-order valence-electron chi connectivity index (χ0n) is 12.7. The minimum atomic E-state index is -0.0750. The van der Waals surface area contributed by atoms with E-state index in [1.54, 1.807) is 7.05 Å². The molecular formula is C16H23N3O. The average molecular weight is 273 g/mol. The molecular weight excluding hydrogens is 250 g/mol. The molecule has 4 heteroatoms. The summed E-state index contributed by atoms with van der Waals surface area (Å²) in [7, 11) is 1.63. The number of carbonyl (C=O) groups excluding carboxylic acids is 1. The molecule has 1 aromatic rings. The van der Waals surface area contributed by atoms with E-state index in [9.17, 15) is 4.79 Å². The van der Waals surface area contributed by atoms with E-state index in [1.807, 2.05) is 25.1 Å². The van der Waals surface area contributed by atoms with Gasteiger partial charge in [0, 0.05) is 31.3 Å².